The maximum Gasteiger partial charge on any atom is 0.325 e. The van der Waals surface area contributed by atoms with E-state index in [0.29, 0.717) is 17.7 Å². The Morgan fingerprint density at radius 2 is 1.92 bits per heavy atom. The summed E-state index contributed by atoms with van der Waals surface area (Å²) in [6.45, 7) is 1.79. The van der Waals surface area contributed by atoms with Gasteiger partial charge in [0.25, 0.3) is 5.91 Å². The van der Waals surface area contributed by atoms with Gasteiger partial charge in [-0.25, -0.2) is 4.79 Å². The van der Waals surface area contributed by atoms with Crippen LogP contribution in [0.25, 0.3) is 0 Å². The zero-order chi connectivity index (χ0) is 18.7. The molecular formula is C19H21N3O4. The number of likely N-dealkylation sites (N-methyl/N-ethyl adjacent to an activating group) is 1. The molecule has 7 heteroatoms. The molecule has 1 N–H and O–H groups in total. The second kappa shape index (κ2) is 7.03. The zero-order valence-electron chi connectivity index (χ0n) is 14.8. The number of nitrogens with one attached hydrogen (secondary N) is 1. The minimum Gasteiger partial charge on any atom is -0.467 e. The molecule has 0 saturated carbocycles. The zero-order valence-corrected chi connectivity index (χ0v) is 14.8. The fourth-order valence-corrected chi connectivity index (χ4v) is 3.11. The van der Waals surface area contributed by atoms with E-state index in [4.69, 9.17) is 4.42 Å². The number of nitrogens with zero attached hydrogens (tertiary/aromatic N) is 2. The quantitative estimate of drug-likeness (QED) is 0.805. The van der Waals surface area contributed by atoms with Gasteiger partial charge in [0.15, 0.2) is 0 Å². The van der Waals surface area contributed by atoms with Gasteiger partial charge in [-0.1, -0.05) is 37.3 Å². The van der Waals surface area contributed by atoms with Crippen LogP contribution < -0.4 is 5.32 Å². The van der Waals surface area contributed by atoms with Gasteiger partial charge in [0.2, 0.25) is 5.91 Å². The van der Waals surface area contributed by atoms with E-state index in [1.807, 2.05) is 25.1 Å². The van der Waals surface area contributed by atoms with Gasteiger partial charge in [0.05, 0.1) is 12.8 Å². The van der Waals surface area contributed by atoms with Crippen LogP contribution in [0.1, 0.15) is 24.7 Å². The van der Waals surface area contributed by atoms with Crippen molar-refractivity contribution in [3.63, 3.8) is 0 Å². The topological polar surface area (TPSA) is 82.9 Å². The SMILES string of the molecule is CCC1(c2ccccc2)NC(=O)N(CC(=O)N(C)Cc2ccco2)C1=O. The number of urea groups is 1. The largest absolute Gasteiger partial charge is 0.467 e. The summed E-state index contributed by atoms with van der Waals surface area (Å²) in [6.07, 6.45) is 1.93. The molecule has 0 aliphatic carbocycles. The van der Waals surface area contributed by atoms with Crippen molar-refractivity contribution >= 4 is 17.8 Å². The molecule has 136 valence electrons. The Bertz CT molecular complexity index is 803. The van der Waals surface area contributed by atoms with Gasteiger partial charge in [0, 0.05) is 7.05 Å². The summed E-state index contributed by atoms with van der Waals surface area (Å²) < 4.78 is 5.22. The van der Waals surface area contributed by atoms with E-state index in [2.05, 4.69) is 5.32 Å². The Balaban J connectivity index is 1.75. The van der Waals surface area contributed by atoms with Crippen LogP contribution in [-0.2, 0) is 21.7 Å². The van der Waals surface area contributed by atoms with Gasteiger partial charge >= 0.3 is 6.03 Å². The lowest BCUT2D eigenvalue weighted by Gasteiger charge is -2.26. The van der Waals surface area contributed by atoms with Crippen molar-refractivity contribution in [2.24, 2.45) is 0 Å². The summed E-state index contributed by atoms with van der Waals surface area (Å²) in [6, 6.07) is 12.0. The molecule has 1 fully saturated rings. The first-order chi connectivity index (χ1) is 12.5. The lowest BCUT2D eigenvalue weighted by molar-refractivity contribution is -0.139. The van der Waals surface area contributed by atoms with Gasteiger partial charge in [0.1, 0.15) is 17.8 Å². The highest BCUT2D eigenvalue weighted by Crippen LogP contribution is 2.32. The Morgan fingerprint density at radius 3 is 2.54 bits per heavy atom. The molecule has 1 unspecified atom stereocenters. The van der Waals surface area contributed by atoms with Crippen molar-refractivity contribution in [1.29, 1.82) is 0 Å². The second-order valence-corrected chi connectivity index (χ2v) is 6.28. The number of carbonyl (C=O) groups excluding carboxylic acids is 3. The normalized spacial score (nSPS) is 19.5. The molecule has 26 heavy (non-hydrogen) atoms. The molecule has 1 saturated heterocycles. The van der Waals surface area contributed by atoms with Gasteiger partial charge in [-0.3, -0.25) is 14.5 Å². The fraction of sp³-hybridized carbons (Fsp3) is 0.316. The van der Waals surface area contributed by atoms with E-state index in [-0.39, 0.29) is 19.0 Å². The van der Waals surface area contributed by atoms with Crippen LogP contribution in [-0.4, -0.2) is 41.2 Å². The molecule has 0 radical (unpaired) electrons. The number of hydrogen-bond donors (Lipinski definition) is 1. The smallest absolute Gasteiger partial charge is 0.325 e. The lowest BCUT2D eigenvalue weighted by Crippen LogP contribution is -2.45. The number of amides is 4. The molecular weight excluding hydrogens is 334 g/mol. The summed E-state index contributed by atoms with van der Waals surface area (Å²) >= 11 is 0. The summed E-state index contributed by atoms with van der Waals surface area (Å²) in [5.74, 6) is -0.119. The number of imide groups is 1. The Morgan fingerprint density at radius 1 is 1.19 bits per heavy atom. The van der Waals surface area contributed by atoms with Crippen molar-refractivity contribution in [3.8, 4) is 0 Å². The number of furan rings is 1. The first-order valence-corrected chi connectivity index (χ1v) is 8.44. The summed E-state index contributed by atoms with van der Waals surface area (Å²) in [5.41, 5.74) is -0.419. The average Bonchev–Trinajstić information content (AvgIpc) is 3.24. The summed E-state index contributed by atoms with van der Waals surface area (Å²) in [4.78, 5) is 40.3. The summed E-state index contributed by atoms with van der Waals surface area (Å²) in [7, 11) is 1.60. The minimum atomic E-state index is -1.13. The first-order valence-electron chi connectivity index (χ1n) is 8.44. The molecule has 2 heterocycles. The second-order valence-electron chi connectivity index (χ2n) is 6.28. The van der Waals surface area contributed by atoms with Crippen LogP contribution in [0, 0.1) is 0 Å². The average molecular weight is 355 g/mol. The summed E-state index contributed by atoms with van der Waals surface area (Å²) in [5, 5.41) is 2.77. The molecule has 0 spiro atoms. The van der Waals surface area contributed by atoms with E-state index in [9.17, 15) is 14.4 Å². The van der Waals surface area contributed by atoms with Crippen LogP contribution in [0.5, 0.6) is 0 Å². The number of carbonyl (C=O) groups is 3. The molecule has 7 nitrogen and oxygen atoms in total. The first kappa shape index (κ1) is 17.7. The third-order valence-corrected chi connectivity index (χ3v) is 4.66. The van der Waals surface area contributed by atoms with Crippen molar-refractivity contribution in [2.45, 2.75) is 25.4 Å². The lowest BCUT2D eigenvalue weighted by atomic mass is 9.87. The van der Waals surface area contributed by atoms with E-state index in [1.54, 1.807) is 31.3 Å². The molecule has 1 aliphatic rings. The van der Waals surface area contributed by atoms with Gasteiger partial charge in [-0.05, 0) is 24.1 Å². The highest BCUT2D eigenvalue weighted by molar-refractivity contribution is 6.09. The van der Waals surface area contributed by atoms with E-state index < -0.39 is 17.5 Å². The number of rotatable bonds is 6. The fourth-order valence-electron chi connectivity index (χ4n) is 3.11. The van der Waals surface area contributed by atoms with Crippen molar-refractivity contribution in [1.82, 2.24) is 15.1 Å². The molecule has 1 aromatic carbocycles. The van der Waals surface area contributed by atoms with E-state index in [0.717, 1.165) is 4.90 Å². The molecule has 4 amide bonds. The van der Waals surface area contributed by atoms with Gasteiger partial charge < -0.3 is 14.6 Å². The maximum absolute atomic E-state index is 13.0. The molecule has 3 rings (SSSR count). The Labute approximate surface area is 151 Å². The Hall–Kier alpha value is -3.09. The monoisotopic (exact) mass is 355 g/mol. The maximum atomic E-state index is 13.0. The van der Waals surface area contributed by atoms with Crippen LogP contribution in [0.2, 0.25) is 0 Å². The standard InChI is InChI=1S/C19H21N3O4/c1-3-19(14-8-5-4-6-9-14)17(24)22(18(25)20-19)13-16(23)21(2)12-15-10-7-11-26-15/h4-11H,3,12-13H2,1-2H3,(H,20,25). The third kappa shape index (κ3) is 3.08. The van der Waals surface area contributed by atoms with E-state index >= 15 is 0 Å². The van der Waals surface area contributed by atoms with Crippen LogP contribution >= 0.6 is 0 Å². The van der Waals surface area contributed by atoms with Crippen LogP contribution in [0.3, 0.4) is 0 Å². The predicted molar refractivity (Wildman–Crippen MR) is 93.8 cm³/mol. The molecule has 2 aromatic rings. The Kier molecular flexibility index (Phi) is 4.79. The van der Waals surface area contributed by atoms with Gasteiger partial charge in [-0.15, -0.1) is 0 Å². The third-order valence-electron chi connectivity index (χ3n) is 4.66. The van der Waals surface area contributed by atoms with Gasteiger partial charge in [-0.2, -0.15) is 0 Å². The highest BCUT2D eigenvalue weighted by Gasteiger charge is 2.51. The molecule has 1 aromatic heterocycles. The highest BCUT2D eigenvalue weighted by atomic mass is 16.3. The van der Waals surface area contributed by atoms with E-state index in [1.165, 1.54) is 11.2 Å². The molecule has 1 atom stereocenters. The predicted octanol–water partition coefficient (Wildman–Crippen LogP) is 2.10. The van der Waals surface area contributed by atoms with Crippen molar-refractivity contribution in [3.05, 3.63) is 60.1 Å². The van der Waals surface area contributed by atoms with Crippen molar-refractivity contribution in [2.75, 3.05) is 13.6 Å². The van der Waals surface area contributed by atoms with Crippen LogP contribution in [0.4, 0.5) is 4.79 Å². The van der Waals surface area contributed by atoms with Crippen LogP contribution in [0.15, 0.2) is 53.1 Å². The van der Waals surface area contributed by atoms with Crippen molar-refractivity contribution < 1.29 is 18.8 Å². The minimum absolute atomic E-state index is 0.271. The number of benzene rings is 1. The number of hydrogen-bond acceptors (Lipinski definition) is 4. The molecule has 1 aliphatic heterocycles. The molecule has 0 bridgehead atoms.